The van der Waals surface area contributed by atoms with E-state index in [2.05, 4.69) is 69.9 Å². The van der Waals surface area contributed by atoms with E-state index in [1.807, 2.05) is 0 Å². The lowest BCUT2D eigenvalue weighted by Crippen LogP contribution is -2.64. The monoisotopic (exact) mass is 638 g/mol. The van der Waals surface area contributed by atoms with Gasteiger partial charge >= 0.3 is 0 Å². The topological polar surface area (TPSA) is 96.7 Å². The molecule has 9 atom stereocenters. The van der Waals surface area contributed by atoms with Crippen LogP contribution < -0.4 is 16.8 Å². The van der Waals surface area contributed by atoms with E-state index < -0.39 is 0 Å². The second-order valence-electron chi connectivity index (χ2n) is 17.0. The molecule has 5 N–H and O–H groups in total. The number of nitrogens with two attached hydrogens (primary N) is 2. The molecule has 0 saturated heterocycles. The predicted molar refractivity (Wildman–Crippen MR) is 196 cm³/mol. The van der Waals surface area contributed by atoms with Crippen molar-refractivity contribution in [3.05, 3.63) is 40.0 Å². The first-order valence-electron chi connectivity index (χ1n) is 19.1. The quantitative estimate of drug-likeness (QED) is 0.0895. The van der Waals surface area contributed by atoms with E-state index in [1.54, 1.807) is 5.57 Å². The van der Waals surface area contributed by atoms with Crippen LogP contribution in [0.4, 0.5) is 0 Å². The summed E-state index contributed by atoms with van der Waals surface area (Å²) in [4.78, 5) is 15.4. The van der Waals surface area contributed by atoms with Crippen molar-refractivity contribution in [1.82, 2.24) is 10.2 Å². The molecule has 0 spiro atoms. The summed E-state index contributed by atoms with van der Waals surface area (Å²) < 4.78 is 0. The SMILES string of the molecule is C=C(NCCCN(CCCN)CCCN)/C(CCC=C(C)C)=C1\C(C)CC2(C)C1CC(N=O)C1C3(C)CCC[C@@H](C)C3CC[C@@]12C. The second kappa shape index (κ2) is 15.8. The van der Waals surface area contributed by atoms with E-state index >= 15 is 0 Å². The third-order valence-electron chi connectivity index (χ3n) is 14.0. The Morgan fingerprint density at radius 3 is 2.33 bits per heavy atom. The van der Waals surface area contributed by atoms with E-state index in [9.17, 15) is 4.91 Å². The third-order valence-corrected chi connectivity index (χ3v) is 14.0. The number of hydrogen-bond donors (Lipinski definition) is 3. The number of hydrogen-bond acceptors (Lipinski definition) is 6. The van der Waals surface area contributed by atoms with E-state index in [1.165, 1.54) is 49.7 Å². The Bertz CT molecular complexity index is 1100. The molecule has 4 aliphatic carbocycles. The molecule has 262 valence electrons. The molecule has 0 radical (unpaired) electrons. The van der Waals surface area contributed by atoms with Crippen molar-refractivity contribution >= 4 is 0 Å². The average molecular weight is 638 g/mol. The van der Waals surface area contributed by atoms with Gasteiger partial charge in [-0.25, -0.2) is 0 Å². The van der Waals surface area contributed by atoms with Crippen molar-refractivity contribution in [3.8, 4) is 0 Å². The zero-order valence-corrected chi connectivity index (χ0v) is 30.9. The molecule has 0 aliphatic heterocycles. The van der Waals surface area contributed by atoms with Crippen LogP contribution in [0.5, 0.6) is 0 Å². The van der Waals surface area contributed by atoms with Gasteiger partial charge in [-0.05, 0) is 162 Å². The molecular formula is C40H71N5O. The van der Waals surface area contributed by atoms with Crippen molar-refractivity contribution in [2.75, 3.05) is 39.3 Å². The number of nitrogens with one attached hydrogen (secondary N) is 1. The van der Waals surface area contributed by atoms with Crippen LogP contribution in [0.15, 0.2) is 40.2 Å². The average Bonchev–Trinajstić information content (AvgIpc) is 3.27. The van der Waals surface area contributed by atoms with Crippen LogP contribution in [0.2, 0.25) is 0 Å². The van der Waals surface area contributed by atoms with Crippen LogP contribution in [0.1, 0.15) is 126 Å². The zero-order chi connectivity index (χ0) is 33.7. The van der Waals surface area contributed by atoms with Crippen LogP contribution in [0.3, 0.4) is 0 Å². The van der Waals surface area contributed by atoms with Gasteiger partial charge in [-0.1, -0.05) is 76.4 Å². The summed E-state index contributed by atoms with van der Waals surface area (Å²) in [6, 6.07) is -0.102. The van der Waals surface area contributed by atoms with Crippen LogP contribution in [-0.4, -0.2) is 50.2 Å². The van der Waals surface area contributed by atoms with Gasteiger partial charge in [0.15, 0.2) is 0 Å². The Hall–Kier alpha value is -1.50. The smallest absolute Gasteiger partial charge is 0.0964 e. The molecule has 7 unspecified atom stereocenters. The number of allylic oxidation sites excluding steroid dienone is 4. The van der Waals surface area contributed by atoms with E-state index in [0.717, 1.165) is 95.3 Å². The molecular weight excluding hydrogens is 566 g/mol. The van der Waals surface area contributed by atoms with Gasteiger partial charge in [-0.3, -0.25) is 0 Å². The van der Waals surface area contributed by atoms with Crippen molar-refractivity contribution in [2.24, 2.45) is 62.5 Å². The van der Waals surface area contributed by atoms with Crippen molar-refractivity contribution in [2.45, 2.75) is 132 Å². The van der Waals surface area contributed by atoms with E-state index in [4.69, 9.17) is 18.0 Å². The molecule has 4 fully saturated rings. The lowest BCUT2D eigenvalue weighted by atomic mass is 9.36. The minimum Gasteiger partial charge on any atom is -0.385 e. The molecule has 0 aromatic heterocycles. The van der Waals surface area contributed by atoms with Crippen LogP contribution in [0.25, 0.3) is 0 Å². The standard InChI is InChI=1S/C40H71N5O/c1-28(2)14-9-16-32(31(5)43-22-13-25-45(23-11-20-41)24-12-21-42)36-30(4)27-40(8)34(36)26-35(44-46)37-38(6)18-10-15-29(3)33(38)17-19-39(37,40)7/h14,29-30,33-35,37,43H,5,9-13,15-27,41-42H2,1-4,6-8H3/b36-32+/t29-,30?,33?,34?,35?,37?,38?,39+,40?/m1/s1. The maximum absolute atomic E-state index is 12.9. The van der Waals surface area contributed by atoms with E-state index in [-0.39, 0.29) is 22.3 Å². The van der Waals surface area contributed by atoms with Crippen molar-refractivity contribution in [3.63, 3.8) is 0 Å². The van der Waals surface area contributed by atoms with Gasteiger partial charge in [0.05, 0.1) is 6.04 Å². The Labute approximate surface area is 283 Å². The lowest BCUT2D eigenvalue weighted by Gasteiger charge is -2.68. The summed E-state index contributed by atoms with van der Waals surface area (Å²) >= 11 is 0. The minimum absolute atomic E-state index is 0.102. The van der Waals surface area contributed by atoms with Gasteiger partial charge in [0.25, 0.3) is 0 Å². The van der Waals surface area contributed by atoms with Crippen LogP contribution in [0, 0.1) is 50.7 Å². The predicted octanol–water partition coefficient (Wildman–Crippen LogP) is 8.58. The summed E-state index contributed by atoms with van der Waals surface area (Å²) in [6.07, 6.45) is 16.1. The highest BCUT2D eigenvalue weighted by Gasteiger charge is 2.70. The molecule has 0 heterocycles. The van der Waals surface area contributed by atoms with Gasteiger partial charge in [-0.2, -0.15) is 4.91 Å². The molecule has 6 nitrogen and oxygen atoms in total. The van der Waals surface area contributed by atoms with Crippen LogP contribution >= 0.6 is 0 Å². The van der Waals surface area contributed by atoms with Crippen molar-refractivity contribution < 1.29 is 0 Å². The molecule has 4 saturated carbocycles. The summed E-state index contributed by atoms with van der Waals surface area (Å²) in [7, 11) is 0. The lowest BCUT2D eigenvalue weighted by molar-refractivity contribution is -0.191. The number of nitrogens with zero attached hydrogens (tertiary/aromatic N) is 2. The molecule has 4 aliphatic rings. The van der Waals surface area contributed by atoms with Gasteiger partial charge in [0.1, 0.15) is 0 Å². The largest absolute Gasteiger partial charge is 0.385 e. The number of nitroso groups, excluding NO2 is 1. The first-order chi connectivity index (χ1) is 21.9. The highest BCUT2D eigenvalue weighted by Crippen LogP contribution is 2.75. The molecule has 0 aromatic carbocycles. The molecule has 0 amide bonds. The fourth-order valence-corrected chi connectivity index (χ4v) is 11.9. The Morgan fingerprint density at radius 2 is 1.70 bits per heavy atom. The van der Waals surface area contributed by atoms with Crippen molar-refractivity contribution in [1.29, 1.82) is 0 Å². The first-order valence-corrected chi connectivity index (χ1v) is 19.1. The Balaban J connectivity index is 1.62. The minimum atomic E-state index is -0.102. The fraction of sp³-hybridized carbons (Fsp3) is 0.850. The summed E-state index contributed by atoms with van der Waals surface area (Å²) in [5.74, 6) is 2.72. The Morgan fingerprint density at radius 1 is 1.02 bits per heavy atom. The molecule has 46 heavy (non-hydrogen) atoms. The molecule has 6 heteroatoms. The van der Waals surface area contributed by atoms with Crippen LogP contribution in [-0.2, 0) is 0 Å². The van der Waals surface area contributed by atoms with Gasteiger partial charge < -0.3 is 21.7 Å². The normalized spacial score (nSPS) is 38.0. The maximum Gasteiger partial charge on any atom is 0.0964 e. The Kier molecular flexibility index (Phi) is 12.8. The molecule has 4 rings (SSSR count). The molecule has 0 aromatic rings. The highest BCUT2D eigenvalue weighted by atomic mass is 16.3. The van der Waals surface area contributed by atoms with Gasteiger partial charge in [0.2, 0.25) is 0 Å². The summed E-state index contributed by atoms with van der Waals surface area (Å²) in [5.41, 5.74) is 17.6. The highest BCUT2D eigenvalue weighted by molar-refractivity contribution is 5.40. The van der Waals surface area contributed by atoms with E-state index in [0.29, 0.717) is 17.8 Å². The maximum atomic E-state index is 12.9. The number of rotatable bonds is 16. The second-order valence-corrected chi connectivity index (χ2v) is 17.0. The van der Waals surface area contributed by atoms with Gasteiger partial charge in [0, 0.05) is 12.2 Å². The first kappa shape index (κ1) is 37.3. The number of fused-ring (bicyclic) bond motifs is 5. The molecule has 0 bridgehead atoms. The van der Waals surface area contributed by atoms with Gasteiger partial charge in [-0.15, -0.1) is 0 Å². The summed E-state index contributed by atoms with van der Waals surface area (Å²) in [6.45, 7) is 27.3. The summed E-state index contributed by atoms with van der Waals surface area (Å²) in [5, 5.41) is 7.86. The third kappa shape index (κ3) is 7.25. The zero-order valence-electron chi connectivity index (χ0n) is 30.9. The fourth-order valence-electron chi connectivity index (χ4n) is 11.9.